The normalized spacial score (nSPS) is 32.5. The van der Waals surface area contributed by atoms with Crippen LogP contribution < -0.4 is 5.32 Å². The maximum Gasteiger partial charge on any atom is 0.371 e. The predicted octanol–water partition coefficient (Wildman–Crippen LogP) is 1.85. The van der Waals surface area contributed by atoms with Gasteiger partial charge in [0, 0.05) is 18.3 Å². The molecule has 2 aliphatic heterocycles. The summed E-state index contributed by atoms with van der Waals surface area (Å²) >= 11 is 1.42. The van der Waals surface area contributed by atoms with Crippen LogP contribution in [0.4, 0.5) is 0 Å². The highest BCUT2D eigenvalue weighted by Crippen LogP contribution is 2.45. The van der Waals surface area contributed by atoms with E-state index in [9.17, 15) is 9.59 Å². The summed E-state index contributed by atoms with van der Waals surface area (Å²) in [5, 5.41) is 2.62. The molecule has 8 heteroatoms. The minimum Gasteiger partial charge on any atom is -0.459 e. The number of nitrogens with zero attached hydrogens (tertiary/aromatic N) is 1. The first kappa shape index (κ1) is 19.2. The van der Waals surface area contributed by atoms with Crippen LogP contribution >= 0.6 is 11.8 Å². The summed E-state index contributed by atoms with van der Waals surface area (Å²) in [6, 6.07) is -0.590. The van der Waals surface area contributed by atoms with Gasteiger partial charge in [-0.15, -0.1) is 11.8 Å². The molecule has 1 saturated heterocycles. The summed E-state index contributed by atoms with van der Waals surface area (Å²) in [5.74, 6) is -0.588. The molecule has 0 saturated carbocycles. The smallest absolute Gasteiger partial charge is 0.371 e. The second-order valence-electron chi connectivity index (χ2n) is 7.38. The van der Waals surface area contributed by atoms with E-state index >= 15 is 0 Å². The molecular weight excluding hydrogens is 332 g/mol. The van der Waals surface area contributed by atoms with Gasteiger partial charge in [-0.25, -0.2) is 9.79 Å². The fourth-order valence-corrected chi connectivity index (χ4v) is 4.17. The molecule has 24 heavy (non-hydrogen) atoms. The van der Waals surface area contributed by atoms with Crippen LogP contribution in [-0.2, 0) is 23.8 Å². The minimum atomic E-state index is -1.48. The van der Waals surface area contributed by atoms with Gasteiger partial charge in [-0.3, -0.25) is 10.1 Å². The Morgan fingerprint density at radius 3 is 2.50 bits per heavy atom. The molecule has 136 valence electrons. The van der Waals surface area contributed by atoms with Crippen molar-refractivity contribution in [3.05, 3.63) is 0 Å². The topological polar surface area (TPSA) is 86.2 Å². The van der Waals surface area contributed by atoms with E-state index < -0.39 is 33.5 Å². The number of carbonyl (C=O) groups excluding carboxylic acids is 2. The van der Waals surface area contributed by atoms with Crippen LogP contribution in [0, 0.1) is 0 Å². The number of cyclic esters (lactones) is 1. The Morgan fingerprint density at radius 2 is 2.04 bits per heavy atom. The van der Waals surface area contributed by atoms with E-state index in [0.717, 1.165) is 0 Å². The molecule has 0 aliphatic carbocycles. The molecule has 0 spiro atoms. The van der Waals surface area contributed by atoms with Crippen LogP contribution in [0.15, 0.2) is 4.99 Å². The highest BCUT2D eigenvalue weighted by molar-refractivity contribution is 8.01. The number of carbonyl (C=O) groups is 2. The van der Waals surface area contributed by atoms with Gasteiger partial charge < -0.3 is 14.2 Å². The maximum absolute atomic E-state index is 12.5. The maximum atomic E-state index is 12.5. The molecule has 2 rings (SSSR count). The second kappa shape index (κ2) is 6.31. The fourth-order valence-electron chi connectivity index (χ4n) is 2.65. The first-order valence-corrected chi connectivity index (χ1v) is 8.86. The zero-order valence-electron chi connectivity index (χ0n) is 15.3. The summed E-state index contributed by atoms with van der Waals surface area (Å²) in [5.41, 5.74) is -2.07. The van der Waals surface area contributed by atoms with Gasteiger partial charge in [0.2, 0.25) is 0 Å². The van der Waals surface area contributed by atoms with Crippen LogP contribution in [0.5, 0.6) is 0 Å². The van der Waals surface area contributed by atoms with E-state index in [-0.39, 0.29) is 5.97 Å². The summed E-state index contributed by atoms with van der Waals surface area (Å²) in [6.45, 7) is 11.2. The lowest BCUT2D eigenvalue weighted by molar-refractivity contribution is -0.161. The van der Waals surface area contributed by atoms with E-state index in [1.807, 2.05) is 41.5 Å². The van der Waals surface area contributed by atoms with Crippen LogP contribution in [0.25, 0.3) is 0 Å². The van der Waals surface area contributed by atoms with Crippen molar-refractivity contribution in [3.8, 4) is 0 Å². The zero-order valence-corrected chi connectivity index (χ0v) is 16.1. The van der Waals surface area contributed by atoms with E-state index in [1.54, 1.807) is 0 Å². The molecule has 2 aliphatic rings. The van der Waals surface area contributed by atoms with Crippen molar-refractivity contribution in [3.63, 3.8) is 0 Å². The third-order valence-electron chi connectivity index (χ3n) is 3.84. The Kier molecular flexibility index (Phi) is 5.05. The molecule has 1 N–H and O–H groups in total. The zero-order chi connectivity index (χ0) is 18.3. The lowest BCUT2D eigenvalue weighted by Gasteiger charge is -2.27. The van der Waals surface area contributed by atoms with Gasteiger partial charge in [-0.05, 0) is 34.6 Å². The molecule has 0 amide bonds. The number of ether oxygens (including phenoxy) is 3. The number of hydrogen-bond acceptors (Lipinski definition) is 8. The molecular formula is C16H26N2O5S. The third kappa shape index (κ3) is 3.45. The van der Waals surface area contributed by atoms with Gasteiger partial charge in [-0.1, -0.05) is 6.92 Å². The van der Waals surface area contributed by atoms with E-state index in [2.05, 4.69) is 10.3 Å². The van der Waals surface area contributed by atoms with Crippen molar-refractivity contribution in [2.24, 2.45) is 4.99 Å². The molecule has 0 aromatic heterocycles. The number of nitrogens with one attached hydrogen (secondary N) is 1. The summed E-state index contributed by atoms with van der Waals surface area (Å²) < 4.78 is 15.6. The van der Waals surface area contributed by atoms with Crippen molar-refractivity contribution in [1.29, 1.82) is 0 Å². The highest BCUT2D eigenvalue weighted by atomic mass is 32.2. The molecule has 1 fully saturated rings. The predicted molar refractivity (Wildman–Crippen MR) is 91.8 cm³/mol. The number of methoxy groups -OCH3 is 1. The van der Waals surface area contributed by atoms with Crippen molar-refractivity contribution >= 4 is 29.6 Å². The number of aliphatic imine (C=N–C) groups is 1. The first-order valence-electron chi connectivity index (χ1n) is 7.98. The van der Waals surface area contributed by atoms with E-state index in [0.29, 0.717) is 12.3 Å². The summed E-state index contributed by atoms with van der Waals surface area (Å²) in [4.78, 5) is 29.3. The van der Waals surface area contributed by atoms with Crippen LogP contribution in [0.1, 0.15) is 48.0 Å². The van der Waals surface area contributed by atoms with E-state index in [1.165, 1.54) is 18.9 Å². The lowest BCUT2D eigenvalue weighted by Crippen LogP contribution is -2.54. The quantitative estimate of drug-likeness (QED) is 0.768. The summed E-state index contributed by atoms with van der Waals surface area (Å²) in [6.07, 6.45) is 0.493. The standard InChI is InChI=1S/C16H26N2O5S/c1-8-9-18-16(21-7,13(20)22-9)12-17-10(15(5,6)24-12)11(19)23-14(2,3)4/h10,12,17H,8H2,1-7H3. The summed E-state index contributed by atoms with van der Waals surface area (Å²) in [7, 11) is 1.42. The van der Waals surface area contributed by atoms with Crippen molar-refractivity contribution < 1.29 is 23.8 Å². The molecule has 0 aromatic rings. The Hall–Kier alpha value is -1.12. The number of hydrogen-bond donors (Lipinski definition) is 1. The van der Waals surface area contributed by atoms with Crippen LogP contribution in [0.3, 0.4) is 0 Å². The number of rotatable bonds is 4. The Morgan fingerprint density at radius 1 is 1.42 bits per heavy atom. The SMILES string of the molecule is CCC1=NC(OC)(C2NC(C(=O)OC(C)(C)C)C(C)(C)S2)C(=O)O1. The molecule has 0 radical (unpaired) electrons. The molecule has 0 bridgehead atoms. The Balaban J connectivity index is 2.27. The molecule has 7 nitrogen and oxygen atoms in total. The number of thioether (sulfide) groups is 1. The molecule has 2 heterocycles. The van der Waals surface area contributed by atoms with Crippen molar-refractivity contribution in [1.82, 2.24) is 5.32 Å². The monoisotopic (exact) mass is 358 g/mol. The van der Waals surface area contributed by atoms with Gasteiger partial charge >= 0.3 is 11.9 Å². The van der Waals surface area contributed by atoms with Gasteiger partial charge in [0.1, 0.15) is 17.0 Å². The van der Waals surface area contributed by atoms with Crippen LogP contribution in [-0.4, -0.2) is 52.4 Å². The average Bonchev–Trinajstić information content (AvgIpc) is 2.94. The van der Waals surface area contributed by atoms with Crippen LogP contribution in [0.2, 0.25) is 0 Å². The minimum absolute atomic E-state index is 0.336. The van der Waals surface area contributed by atoms with Crippen molar-refractivity contribution in [2.45, 2.75) is 75.5 Å². The lowest BCUT2D eigenvalue weighted by atomic mass is 10.0. The van der Waals surface area contributed by atoms with Crippen molar-refractivity contribution in [2.75, 3.05) is 7.11 Å². The highest BCUT2D eigenvalue weighted by Gasteiger charge is 2.60. The average molecular weight is 358 g/mol. The van der Waals surface area contributed by atoms with Gasteiger partial charge in [0.25, 0.3) is 5.72 Å². The second-order valence-corrected chi connectivity index (χ2v) is 9.14. The Labute approximate surface area is 146 Å². The third-order valence-corrected chi connectivity index (χ3v) is 5.37. The molecule has 3 atom stereocenters. The number of esters is 2. The largest absolute Gasteiger partial charge is 0.459 e. The fraction of sp³-hybridized carbons (Fsp3) is 0.812. The molecule has 0 aromatic carbocycles. The van der Waals surface area contributed by atoms with Gasteiger partial charge in [0.05, 0.1) is 0 Å². The Bertz CT molecular complexity index is 569. The first-order chi connectivity index (χ1) is 10.9. The van der Waals surface area contributed by atoms with Gasteiger partial charge in [-0.2, -0.15) is 0 Å². The molecule has 3 unspecified atom stereocenters. The van der Waals surface area contributed by atoms with Gasteiger partial charge in [0.15, 0.2) is 5.90 Å². The van der Waals surface area contributed by atoms with E-state index in [4.69, 9.17) is 14.2 Å².